The van der Waals surface area contributed by atoms with Crippen molar-refractivity contribution in [2.24, 2.45) is 0 Å². The first-order valence-electron chi connectivity index (χ1n) is 10.9. The number of carbonyl (C=O) groups is 1. The summed E-state index contributed by atoms with van der Waals surface area (Å²) in [5, 5.41) is 18.0. The van der Waals surface area contributed by atoms with Gasteiger partial charge in [-0.05, 0) is 44.0 Å². The molecule has 0 aliphatic heterocycles. The molecule has 0 saturated heterocycles. The Morgan fingerprint density at radius 3 is 2.59 bits per heavy atom. The summed E-state index contributed by atoms with van der Waals surface area (Å²) in [6.07, 6.45) is 0.652. The molecule has 8 nitrogen and oxygen atoms in total. The van der Waals surface area contributed by atoms with Crippen molar-refractivity contribution in [2.75, 3.05) is 26.5 Å². The predicted octanol–water partition coefficient (Wildman–Crippen LogP) is 3.90. The van der Waals surface area contributed by atoms with E-state index >= 15 is 0 Å². The van der Waals surface area contributed by atoms with Crippen LogP contribution >= 0.6 is 11.8 Å². The minimum absolute atomic E-state index is 0.0767. The summed E-state index contributed by atoms with van der Waals surface area (Å²) in [6.45, 7) is 4.44. The van der Waals surface area contributed by atoms with Crippen molar-refractivity contribution in [1.29, 1.82) is 0 Å². The van der Waals surface area contributed by atoms with Gasteiger partial charge in [0.05, 0.1) is 37.0 Å². The number of rotatable bonds is 9. The van der Waals surface area contributed by atoms with Crippen LogP contribution in [0.3, 0.4) is 0 Å². The van der Waals surface area contributed by atoms with Crippen LogP contribution in [0.25, 0.3) is 16.6 Å². The highest BCUT2D eigenvalue weighted by molar-refractivity contribution is 8.00. The van der Waals surface area contributed by atoms with E-state index < -0.39 is 0 Å². The highest BCUT2D eigenvalue weighted by Crippen LogP contribution is 2.30. The Morgan fingerprint density at radius 1 is 1.06 bits per heavy atom. The van der Waals surface area contributed by atoms with Crippen molar-refractivity contribution in [3.8, 4) is 17.2 Å². The number of aromatic nitrogens is 4. The van der Waals surface area contributed by atoms with Crippen LogP contribution in [0.5, 0.6) is 11.5 Å². The molecule has 0 unspecified atom stereocenters. The first kappa shape index (κ1) is 23.6. The van der Waals surface area contributed by atoms with Gasteiger partial charge in [-0.15, -0.1) is 5.10 Å². The third kappa shape index (κ3) is 4.99. The van der Waals surface area contributed by atoms with Gasteiger partial charge < -0.3 is 14.8 Å². The number of hydrogen-bond donors (Lipinski definition) is 1. The Kier molecular flexibility index (Phi) is 7.32. The zero-order valence-electron chi connectivity index (χ0n) is 19.7. The Labute approximate surface area is 202 Å². The molecule has 0 bridgehead atoms. The Morgan fingerprint density at radius 2 is 1.85 bits per heavy atom. The lowest BCUT2D eigenvalue weighted by molar-refractivity contribution is -0.118. The monoisotopic (exact) mass is 477 g/mol. The highest BCUT2D eigenvalue weighted by Gasteiger charge is 2.18. The molecule has 176 valence electrons. The fraction of sp³-hybridized carbons (Fsp3) is 0.280. The first-order chi connectivity index (χ1) is 16.5. The molecule has 0 spiro atoms. The zero-order chi connectivity index (χ0) is 24.1. The average Bonchev–Trinajstić information content (AvgIpc) is 3.22. The molecular weight excluding hydrogens is 450 g/mol. The third-order valence-corrected chi connectivity index (χ3v) is 6.48. The lowest BCUT2D eigenvalue weighted by atomic mass is 10.1. The second-order valence-electron chi connectivity index (χ2n) is 7.71. The molecule has 4 rings (SSSR count). The molecule has 9 heteroatoms. The summed E-state index contributed by atoms with van der Waals surface area (Å²) in [5.41, 5.74) is 4.54. The molecule has 0 aliphatic rings. The molecule has 0 radical (unpaired) electrons. The second kappa shape index (κ2) is 10.6. The number of fused-ring (bicyclic) bond motifs is 1. The molecule has 0 saturated carbocycles. The number of benzene rings is 2. The summed E-state index contributed by atoms with van der Waals surface area (Å²) in [6, 6.07) is 15.6. The molecule has 4 aromatic rings. The van der Waals surface area contributed by atoms with Crippen LogP contribution in [0.15, 0.2) is 53.6 Å². The van der Waals surface area contributed by atoms with Crippen LogP contribution in [-0.2, 0) is 11.2 Å². The number of amides is 1. The Hall–Kier alpha value is -3.59. The van der Waals surface area contributed by atoms with Gasteiger partial charge in [-0.25, -0.2) is 4.68 Å². The summed E-state index contributed by atoms with van der Waals surface area (Å²) in [7, 11) is 3.24. The highest BCUT2D eigenvalue weighted by atomic mass is 32.2. The number of carbonyl (C=O) groups excluding carboxylic acids is 1. The topological polar surface area (TPSA) is 91.2 Å². The van der Waals surface area contributed by atoms with E-state index in [1.54, 1.807) is 14.2 Å². The average molecular weight is 478 g/mol. The number of nitrogens with zero attached hydrogens (tertiary/aromatic N) is 4. The van der Waals surface area contributed by atoms with Crippen LogP contribution < -0.4 is 14.8 Å². The number of methoxy groups -OCH3 is 2. The molecule has 1 amide bonds. The molecular formula is C25H27N5O3S. The first-order valence-corrected chi connectivity index (χ1v) is 11.9. The number of nitrogens with one attached hydrogen (secondary N) is 1. The molecule has 2 heterocycles. The standard InChI is InChI=1S/C25H27N5O3S/c1-16-23-17(2)30(19-8-6-5-7-9-19)29-24(23)25(28-27-16)34-15-22(31)26-13-12-18-10-11-20(32-3)14-21(18)33-4/h5-11,14H,12-13,15H2,1-4H3,(H,26,31). The molecule has 0 aliphatic carbocycles. The van der Waals surface area contributed by atoms with Gasteiger partial charge in [0.2, 0.25) is 5.91 Å². The molecule has 0 atom stereocenters. The number of ether oxygens (including phenoxy) is 2. The number of aryl methyl sites for hydroxylation is 2. The minimum atomic E-state index is -0.0767. The smallest absolute Gasteiger partial charge is 0.230 e. The van der Waals surface area contributed by atoms with E-state index in [0.717, 1.165) is 45.0 Å². The van der Waals surface area contributed by atoms with Crippen molar-refractivity contribution in [3.63, 3.8) is 0 Å². The molecule has 34 heavy (non-hydrogen) atoms. The minimum Gasteiger partial charge on any atom is -0.497 e. The van der Waals surface area contributed by atoms with E-state index in [1.807, 2.05) is 67.1 Å². The van der Waals surface area contributed by atoms with Gasteiger partial charge in [-0.2, -0.15) is 10.2 Å². The van der Waals surface area contributed by atoms with Crippen molar-refractivity contribution in [3.05, 3.63) is 65.5 Å². The number of thioether (sulfide) groups is 1. The maximum absolute atomic E-state index is 12.5. The summed E-state index contributed by atoms with van der Waals surface area (Å²) >= 11 is 1.34. The van der Waals surface area contributed by atoms with E-state index in [-0.39, 0.29) is 11.7 Å². The van der Waals surface area contributed by atoms with Crippen LogP contribution in [0.1, 0.15) is 17.0 Å². The van der Waals surface area contributed by atoms with Crippen molar-refractivity contribution in [2.45, 2.75) is 25.3 Å². The van der Waals surface area contributed by atoms with Crippen LogP contribution in [0.4, 0.5) is 0 Å². The molecule has 2 aromatic carbocycles. The van der Waals surface area contributed by atoms with Crippen molar-refractivity contribution >= 4 is 28.6 Å². The quantitative estimate of drug-likeness (QED) is 0.366. The van der Waals surface area contributed by atoms with Gasteiger partial charge in [0.1, 0.15) is 22.0 Å². The fourth-order valence-corrected chi connectivity index (χ4v) is 4.55. The largest absolute Gasteiger partial charge is 0.497 e. The van der Waals surface area contributed by atoms with Gasteiger partial charge in [0.25, 0.3) is 0 Å². The van der Waals surface area contributed by atoms with Gasteiger partial charge in [0.15, 0.2) is 0 Å². The van der Waals surface area contributed by atoms with Gasteiger partial charge in [-0.3, -0.25) is 4.79 Å². The second-order valence-corrected chi connectivity index (χ2v) is 8.68. The Bertz CT molecular complexity index is 1310. The van der Waals surface area contributed by atoms with Gasteiger partial charge in [0, 0.05) is 18.0 Å². The third-order valence-electron chi connectivity index (χ3n) is 5.52. The van der Waals surface area contributed by atoms with Crippen molar-refractivity contribution in [1.82, 2.24) is 25.3 Å². The summed E-state index contributed by atoms with van der Waals surface area (Å²) in [5.74, 6) is 1.62. The maximum Gasteiger partial charge on any atom is 0.230 e. The normalized spacial score (nSPS) is 10.9. The van der Waals surface area contributed by atoms with E-state index in [9.17, 15) is 4.79 Å². The van der Waals surface area contributed by atoms with Crippen LogP contribution in [0, 0.1) is 13.8 Å². The predicted molar refractivity (Wildman–Crippen MR) is 133 cm³/mol. The molecule has 2 aromatic heterocycles. The number of hydrogen-bond acceptors (Lipinski definition) is 7. The van der Waals surface area contributed by atoms with E-state index in [2.05, 4.69) is 15.5 Å². The van der Waals surface area contributed by atoms with Gasteiger partial charge >= 0.3 is 0 Å². The summed E-state index contributed by atoms with van der Waals surface area (Å²) < 4.78 is 12.6. The van der Waals surface area contributed by atoms with Crippen LogP contribution in [-0.4, -0.2) is 52.4 Å². The zero-order valence-corrected chi connectivity index (χ0v) is 20.5. The van der Waals surface area contributed by atoms with E-state index in [1.165, 1.54) is 11.8 Å². The van der Waals surface area contributed by atoms with Crippen molar-refractivity contribution < 1.29 is 14.3 Å². The van der Waals surface area contributed by atoms with Gasteiger partial charge in [-0.1, -0.05) is 36.0 Å². The fourth-order valence-electron chi connectivity index (χ4n) is 3.80. The SMILES string of the molecule is COc1ccc(CCNC(=O)CSc2nnc(C)c3c(C)n(-c4ccccc4)nc23)c(OC)c1. The molecule has 0 fully saturated rings. The maximum atomic E-state index is 12.5. The summed E-state index contributed by atoms with van der Waals surface area (Å²) in [4.78, 5) is 12.5. The number of para-hydroxylation sites is 1. The lowest BCUT2D eigenvalue weighted by Crippen LogP contribution is -2.27. The van der Waals surface area contributed by atoms with E-state index in [0.29, 0.717) is 18.0 Å². The molecule has 1 N–H and O–H groups in total. The lowest BCUT2D eigenvalue weighted by Gasteiger charge is -2.11. The van der Waals surface area contributed by atoms with Crippen LogP contribution in [0.2, 0.25) is 0 Å². The van der Waals surface area contributed by atoms with E-state index in [4.69, 9.17) is 14.6 Å². The Balaban J connectivity index is 1.42.